The highest BCUT2D eigenvalue weighted by Crippen LogP contribution is 2.29. The van der Waals surface area contributed by atoms with Crippen molar-refractivity contribution in [3.8, 4) is 11.3 Å². The molecule has 0 aliphatic carbocycles. The number of likely N-dealkylation sites (N-methyl/N-ethyl adjacent to an activating group) is 1. The first kappa shape index (κ1) is 23.0. The van der Waals surface area contributed by atoms with E-state index >= 15 is 0 Å². The van der Waals surface area contributed by atoms with Crippen molar-refractivity contribution in [2.24, 2.45) is 7.05 Å². The lowest BCUT2D eigenvalue weighted by Crippen LogP contribution is -2.58. The Hall–Kier alpha value is -3.80. The van der Waals surface area contributed by atoms with Crippen LogP contribution in [0.2, 0.25) is 0 Å². The second-order valence-electron chi connectivity index (χ2n) is 9.55. The first-order valence-corrected chi connectivity index (χ1v) is 12.3. The van der Waals surface area contributed by atoms with Crippen LogP contribution in [0.5, 0.6) is 0 Å². The molecule has 5 rings (SSSR count). The fraction of sp³-hybridized carbons (Fsp3) is 0.310. The summed E-state index contributed by atoms with van der Waals surface area (Å²) in [7, 11) is 4.12. The van der Waals surface area contributed by atoms with Crippen molar-refractivity contribution >= 4 is 17.3 Å². The Labute approximate surface area is 207 Å². The van der Waals surface area contributed by atoms with E-state index in [1.54, 1.807) is 0 Å². The average Bonchev–Trinajstić information content (AvgIpc) is 3.21. The molecule has 0 bridgehead atoms. The van der Waals surface area contributed by atoms with Gasteiger partial charge in [-0.05, 0) is 49.2 Å². The molecule has 0 aromatic heterocycles. The molecule has 6 heteroatoms. The Bertz CT molecular complexity index is 1290. The van der Waals surface area contributed by atoms with Gasteiger partial charge in [0.2, 0.25) is 0 Å². The minimum Gasteiger partial charge on any atom is -0.368 e. The summed E-state index contributed by atoms with van der Waals surface area (Å²) in [5, 5.41) is 3.10. The number of pyridine rings is 1. The van der Waals surface area contributed by atoms with E-state index in [1.807, 2.05) is 37.0 Å². The van der Waals surface area contributed by atoms with Crippen molar-refractivity contribution in [3.63, 3.8) is 0 Å². The first-order valence-electron chi connectivity index (χ1n) is 12.3. The number of aryl methyl sites for hydroxylation is 3. The molecule has 1 N–H and O–H groups in total. The summed E-state index contributed by atoms with van der Waals surface area (Å²) in [5.41, 5.74) is 8.17. The van der Waals surface area contributed by atoms with Crippen LogP contribution in [-0.2, 0) is 20.0 Å². The van der Waals surface area contributed by atoms with E-state index in [2.05, 4.69) is 82.6 Å². The van der Waals surface area contributed by atoms with E-state index in [4.69, 9.17) is 0 Å². The van der Waals surface area contributed by atoms with Crippen molar-refractivity contribution in [2.45, 2.75) is 32.9 Å². The van der Waals surface area contributed by atoms with Gasteiger partial charge in [-0.1, -0.05) is 36.8 Å². The van der Waals surface area contributed by atoms with Crippen LogP contribution in [0.25, 0.3) is 11.3 Å². The van der Waals surface area contributed by atoms with Crippen molar-refractivity contribution in [3.05, 3.63) is 89.4 Å². The molecule has 0 atom stereocenters. The van der Waals surface area contributed by atoms with Gasteiger partial charge in [0, 0.05) is 63.1 Å². The van der Waals surface area contributed by atoms with Gasteiger partial charge in [-0.3, -0.25) is 9.78 Å². The Morgan fingerprint density at radius 2 is 1.80 bits per heavy atom. The monoisotopic (exact) mass is 467 g/mol. The van der Waals surface area contributed by atoms with Gasteiger partial charge in [0.05, 0.1) is 23.0 Å². The summed E-state index contributed by atoms with van der Waals surface area (Å²) in [6.45, 7) is 6.69. The van der Waals surface area contributed by atoms with Gasteiger partial charge in [0.1, 0.15) is 0 Å². The molecule has 0 saturated carbocycles. The molecule has 1 saturated heterocycles. The number of hydrogen-bond acceptors (Lipinski definition) is 4. The lowest BCUT2D eigenvalue weighted by Gasteiger charge is -2.46. The van der Waals surface area contributed by atoms with Crippen molar-refractivity contribution in [2.75, 3.05) is 29.9 Å². The fourth-order valence-electron chi connectivity index (χ4n) is 4.74. The minimum atomic E-state index is -0.0672. The number of hydrogen-bond donors (Lipinski definition) is 1. The number of fused-ring (bicyclic) bond motifs is 1. The van der Waals surface area contributed by atoms with E-state index in [9.17, 15) is 4.79 Å². The summed E-state index contributed by atoms with van der Waals surface area (Å²) in [6.07, 6.45) is 4.66. The first-order chi connectivity index (χ1) is 16.9. The van der Waals surface area contributed by atoms with Crippen molar-refractivity contribution < 1.29 is 4.79 Å². The van der Waals surface area contributed by atoms with Crippen molar-refractivity contribution in [1.82, 2.24) is 14.9 Å². The molecule has 0 unspecified atom stereocenters. The number of aromatic nitrogens is 2. The summed E-state index contributed by atoms with van der Waals surface area (Å²) in [5.74, 6) is -0.0672. The minimum absolute atomic E-state index is 0.0672. The molecule has 0 radical (unpaired) electrons. The summed E-state index contributed by atoms with van der Waals surface area (Å²) in [4.78, 5) is 22.5. The van der Waals surface area contributed by atoms with Gasteiger partial charge in [0.15, 0.2) is 0 Å². The third-order valence-corrected chi connectivity index (χ3v) is 7.06. The zero-order valence-corrected chi connectivity index (χ0v) is 21.0. The summed E-state index contributed by atoms with van der Waals surface area (Å²) in [6, 6.07) is 19.7. The second-order valence-corrected chi connectivity index (χ2v) is 9.55. The summed E-state index contributed by atoms with van der Waals surface area (Å²) >= 11 is 0. The lowest BCUT2D eigenvalue weighted by atomic mass is 10.0. The average molecular weight is 468 g/mol. The Morgan fingerprint density at radius 3 is 2.49 bits per heavy atom. The van der Waals surface area contributed by atoms with Crippen LogP contribution < -0.4 is 15.1 Å². The Morgan fingerprint density at radius 1 is 1.09 bits per heavy atom. The maximum absolute atomic E-state index is 13.1. The highest BCUT2D eigenvalue weighted by atomic mass is 16.1. The number of carbonyl (C=O) groups excluding carboxylic acids is 1. The molecular weight excluding hydrogens is 434 g/mol. The van der Waals surface area contributed by atoms with Gasteiger partial charge in [-0.2, -0.15) is 0 Å². The molecule has 1 amide bonds. The Balaban J connectivity index is 1.19. The molecular formula is C29H33N5O. The normalized spacial score (nSPS) is 13.7. The topological polar surface area (TPSA) is 53.4 Å². The predicted molar refractivity (Wildman–Crippen MR) is 142 cm³/mol. The van der Waals surface area contributed by atoms with Crippen LogP contribution in [0.3, 0.4) is 0 Å². The lowest BCUT2D eigenvalue weighted by molar-refractivity contribution is 0.0951. The molecule has 3 aliphatic heterocycles. The number of amides is 1. The number of nitrogens with zero attached hydrogens (tertiary/aromatic N) is 4. The molecule has 6 nitrogen and oxygen atoms in total. The maximum Gasteiger partial charge on any atom is 0.254 e. The van der Waals surface area contributed by atoms with Crippen LogP contribution in [0.4, 0.5) is 11.4 Å². The third kappa shape index (κ3) is 4.61. The number of rotatable bonds is 7. The van der Waals surface area contributed by atoms with Gasteiger partial charge >= 0.3 is 0 Å². The van der Waals surface area contributed by atoms with Gasteiger partial charge in [0.25, 0.3) is 5.91 Å². The predicted octanol–water partition coefficient (Wildman–Crippen LogP) is 4.65. The standard InChI is InChI=1S/C29H33N5O/c1-5-26-28(25-19-32(3)15-14-27(25)31-26)29(35)30-16-21-8-12-22(13-9-21)33(4)24-17-34(18-24)23-10-6-20(2)7-11-23/h6-15,19,24H,5,16-18H2,1-4H3,(H,30,35). The molecule has 3 aliphatic rings. The Kier molecular flexibility index (Phi) is 6.20. The molecule has 2 aromatic carbocycles. The van der Waals surface area contributed by atoms with Crippen molar-refractivity contribution in [1.29, 1.82) is 0 Å². The molecule has 35 heavy (non-hydrogen) atoms. The largest absolute Gasteiger partial charge is 0.368 e. The van der Waals surface area contributed by atoms with Crippen LogP contribution in [0.1, 0.15) is 34.1 Å². The summed E-state index contributed by atoms with van der Waals surface area (Å²) < 4.78 is 1.96. The highest BCUT2D eigenvalue weighted by molar-refractivity contribution is 6.02. The van der Waals surface area contributed by atoms with Crippen LogP contribution in [-0.4, -0.2) is 41.6 Å². The molecule has 2 aromatic rings. The third-order valence-electron chi connectivity index (χ3n) is 7.06. The number of nitrogens with one attached hydrogen (secondary N) is 1. The zero-order chi connectivity index (χ0) is 24.5. The number of benzene rings is 2. The van der Waals surface area contributed by atoms with E-state index in [0.717, 1.165) is 42.0 Å². The van der Waals surface area contributed by atoms with Crippen LogP contribution in [0.15, 0.2) is 67.0 Å². The van der Waals surface area contributed by atoms with E-state index < -0.39 is 0 Å². The van der Waals surface area contributed by atoms with Crippen LogP contribution in [0, 0.1) is 6.92 Å². The van der Waals surface area contributed by atoms with E-state index in [-0.39, 0.29) is 5.91 Å². The highest BCUT2D eigenvalue weighted by Gasteiger charge is 2.30. The van der Waals surface area contributed by atoms with Gasteiger partial charge in [-0.25, -0.2) is 0 Å². The molecule has 3 heterocycles. The quantitative estimate of drug-likeness (QED) is 0.430. The SMILES string of the molecule is CCc1nc2ccn(C)cc-2c1C(=O)NCc1ccc(N(C)C2CN(c3ccc(C)cc3)C2)cc1. The van der Waals surface area contributed by atoms with Gasteiger partial charge < -0.3 is 19.7 Å². The maximum atomic E-state index is 13.1. The van der Waals surface area contributed by atoms with E-state index in [1.165, 1.54) is 16.9 Å². The molecule has 1 fully saturated rings. The number of anilines is 2. The second kappa shape index (κ2) is 9.45. The van der Waals surface area contributed by atoms with Gasteiger partial charge in [-0.15, -0.1) is 0 Å². The molecule has 180 valence electrons. The fourth-order valence-corrected chi connectivity index (χ4v) is 4.74. The van der Waals surface area contributed by atoms with Crippen LogP contribution >= 0.6 is 0 Å². The van der Waals surface area contributed by atoms with E-state index in [0.29, 0.717) is 18.2 Å². The number of carbonyl (C=O) groups is 1. The zero-order valence-electron chi connectivity index (χ0n) is 21.0. The molecule has 0 spiro atoms. The smallest absolute Gasteiger partial charge is 0.254 e.